The number of anilines is 2. The standard InChI is InChI=1S/C15H10F2N2O3/c16-8-5-6-10(9(17)7-8)18-14(20)13-15(21)19-11-3-1-2-4-12(11)22-13/h1-7,13H,(H,18,20)(H,19,21). The second-order valence-corrected chi connectivity index (χ2v) is 4.60. The monoisotopic (exact) mass is 304 g/mol. The van der Waals surface area contributed by atoms with E-state index in [1.165, 1.54) is 0 Å². The molecule has 0 fully saturated rings. The van der Waals surface area contributed by atoms with Gasteiger partial charge in [0.1, 0.15) is 17.4 Å². The molecular weight excluding hydrogens is 294 g/mol. The Hall–Kier alpha value is -2.96. The van der Waals surface area contributed by atoms with Crippen molar-refractivity contribution < 1.29 is 23.1 Å². The van der Waals surface area contributed by atoms with E-state index in [1.807, 2.05) is 0 Å². The van der Waals surface area contributed by atoms with Crippen LogP contribution in [0.4, 0.5) is 20.2 Å². The molecule has 2 aromatic carbocycles. The van der Waals surface area contributed by atoms with Gasteiger partial charge in [-0.25, -0.2) is 8.78 Å². The Bertz CT molecular complexity index is 764. The van der Waals surface area contributed by atoms with E-state index < -0.39 is 29.6 Å². The third-order valence-corrected chi connectivity index (χ3v) is 3.06. The van der Waals surface area contributed by atoms with Crippen LogP contribution < -0.4 is 15.4 Å². The molecule has 7 heteroatoms. The van der Waals surface area contributed by atoms with Crippen molar-refractivity contribution in [3.63, 3.8) is 0 Å². The topological polar surface area (TPSA) is 67.4 Å². The van der Waals surface area contributed by atoms with Crippen molar-refractivity contribution in [3.8, 4) is 5.75 Å². The zero-order valence-corrected chi connectivity index (χ0v) is 11.1. The van der Waals surface area contributed by atoms with Crippen molar-refractivity contribution in [2.45, 2.75) is 6.10 Å². The van der Waals surface area contributed by atoms with Gasteiger partial charge in [0.2, 0.25) is 0 Å². The molecule has 1 aliphatic rings. The zero-order chi connectivity index (χ0) is 15.7. The summed E-state index contributed by atoms with van der Waals surface area (Å²) in [5.41, 5.74) is 0.214. The Morgan fingerprint density at radius 3 is 2.73 bits per heavy atom. The maximum atomic E-state index is 13.5. The lowest BCUT2D eigenvalue weighted by Crippen LogP contribution is -2.45. The summed E-state index contributed by atoms with van der Waals surface area (Å²) >= 11 is 0. The van der Waals surface area contributed by atoms with E-state index in [0.29, 0.717) is 17.5 Å². The van der Waals surface area contributed by atoms with E-state index in [9.17, 15) is 18.4 Å². The summed E-state index contributed by atoms with van der Waals surface area (Å²) in [6.45, 7) is 0. The number of para-hydroxylation sites is 2. The number of amides is 2. The number of hydrogen-bond acceptors (Lipinski definition) is 3. The minimum atomic E-state index is -1.46. The fraction of sp³-hybridized carbons (Fsp3) is 0.0667. The quantitative estimate of drug-likeness (QED) is 0.837. The maximum Gasteiger partial charge on any atom is 0.275 e. The van der Waals surface area contributed by atoms with Crippen molar-refractivity contribution in [2.24, 2.45) is 0 Å². The van der Waals surface area contributed by atoms with E-state index in [2.05, 4.69) is 10.6 Å². The van der Waals surface area contributed by atoms with Crippen molar-refractivity contribution in [1.29, 1.82) is 0 Å². The van der Waals surface area contributed by atoms with Gasteiger partial charge in [0.25, 0.3) is 17.9 Å². The SMILES string of the molecule is O=C(Nc1ccc(F)cc1F)C1Oc2ccccc2NC1=O. The van der Waals surface area contributed by atoms with Gasteiger partial charge >= 0.3 is 0 Å². The normalized spacial score (nSPS) is 16.3. The molecule has 2 aromatic rings. The molecule has 1 heterocycles. The lowest BCUT2D eigenvalue weighted by molar-refractivity contribution is -0.133. The fourth-order valence-corrected chi connectivity index (χ4v) is 2.01. The highest BCUT2D eigenvalue weighted by molar-refractivity contribution is 6.15. The van der Waals surface area contributed by atoms with Crippen LogP contribution in [-0.2, 0) is 9.59 Å². The van der Waals surface area contributed by atoms with Crippen LogP contribution in [0.25, 0.3) is 0 Å². The molecule has 0 spiro atoms. The fourth-order valence-electron chi connectivity index (χ4n) is 2.01. The van der Waals surface area contributed by atoms with Crippen molar-refractivity contribution in [3.05, 3.63) is 54.1 Å². The van der Waals surface area contributed by atoms with E-state index >= 15 is 0 Å². The molecule has 1 atom stereocenters. The third kappa shape index (κ3) is 2.60. The number of ether oxygens (including phenoxy) is 1. The molecule has 1 aliphatic heterocycles. The minimum absolute atomic E-state index is 0.235. The van der Waals surface area contributed by atoms with Crippen LogP contribution in [0.5, 0.6) is 5.75 Å². The summed E-state index contributed by atoms with van der Waals surface area (Å²) in [6, 6.07) is 9.30. The Balaban J connectivity index is 1.79. The number of carbonyl (C=O) groups is 2. The van der Waals surface area contributed by atoms with Gasteiger partial charge in [0.15, 0.2) is 0 Å². The largest absolute Gasteiger partial charge is 0.468 e. The summed E-state index contributed by atoms with van der Waals surface area (Å²) in [5, 5.41) is 4.72. The van der Waals surface area contributed by atoms with Gasteiger partial charge < -0.3 is 15.4 Å². The molecular formula is C15H10F2N2O3. The maximum absolute atomic E-state index is 13.5. The van der Waals surface area contributed by atoms with E-state index in [-0.39, 0.29) is 5.69 Å². The van der Waals surface area contributed by atoms with Crippen molar-refractivity contribution >= 4 is 23.2 Å². The summed E-state index contributed by atoms with van der Waals surface area (Å²) in [5.74, 6) is -2.89. The molecule has 0 aromatic heterocycles. The Morgan fingerprint density at radius 2 is 1.95 bits per heavy atom. The minimum Gasteiger partial charge on any atom is -0.468 e. The summed E-state index contributed by atoms with van der Waals surface area (Å²) in [6.07, 6.45) is -1.46. The Kier molecular flexibility index (Phi) is 3.46. The number of halogens is 2. The molecule has 1 unspecified atom stereocenters. The lowest BCUT2D eigenvalue weighted by Gasteiger charge is -2.24. The highest BCUT2D eigenvalue weighted by Gasteiger charge is 2.34. The van der Waals surface area contributed by atoms with Crippen molar-refractivity contribution in [1.82, 2.24) is 0 Å². The number of carbonyl (C=O) groups excluding carboxylic acids is 2. The predicted octanol–water partition coefficient (Wildman–Crippen LogP) is 2.30. The van der Waals surface area contributed by atoms with Gasteiger partial charge in [-0.05, 0) is 24.3 Å². The van der Waals surface area contributed by atoms with Gasteiger partial charge in [-0.3, -0.25) is 9.59 Å². The van der Waals surface area contributed by atoms with Gasteiger partial charge in [-0.2, -0.15) is 0 Å². The Labute approximate surface area is 123 Å². The summed E-state index contributed by atoms with van der Waals surface area (Å²) < 4.78 is 31.7. The predicted molar refractivity (Wildman–Crippen MR) is 74.5 cm³/mol. The van der Waals surface area contributed by atoms with Crippen LogP contribution in [0.15, 0.2) is 42.5 Å². The molecule has 2 amide bonds. The van der Waals surface area contributed by atoms with E-state index in [4.69, 9.17) is 4.74 Å². The first kappa shape index (κ1) is 14.0. The molecule has 5 nitrogen and oxygen atoms in total. The number of nitrogens with one attached hydrogen (secondary N) is 2. The lowest BCUT2D eigenvalue weighted by atomic mass is 10.2. The molecule has 3 rings (SSSR count). The molecule has 22 heavy (non-hydrogen) atoms. The average Bonchev–Trinajstić information content (AvgIpc) is 2.49. The molecule has 2 N–H and O–H groups in total. The van der Waals surface area contributed by atoms with Crippen LogP contribution in [0.2, 0.25) is 0 Å². The molecule has 0 bridgehead atoms. The highest BCUT2D eigenvalue weighted by atomic mass is 19.1. The second kappa shape index (κ2) is 5.44. The van der Waals surface area contributed by atoms with Crippen LogP contribution in [0.3, 0.4) is 0 Å². The first-order valence-corrected chi connectivity index (χ1v) is 6.37. The van der Waals surface area contributed by atoms with E-state index in [0.717, 1.165) is 12.1 Å². The number of rotatable bonds is 2. The Morgan fingerprint density at radius 1 is 1.18 bits per heavy atom. The molecule has 0 radical (unpaired) electrons. The van der Waals surface area contributed by atoms with E-state index in [1.54, 1.807) is 24.3 Å². The van der Waals surface area contributed by atoms with Crippen LogP contribution in [-0.4, -0.2) is 17.9 Å². The number of fused-ring (bicyclic) bond motifs is 1. The number of hydrogen-bond donors (Lipinski definition) is 2. The first-order chi connectivity index (χ1) is 10.5. The van der Waals surface area contributed by atoms with Gasteiger partial charge in [-0.1, -0.05) is 12.1 Å². The molecule has 0 saturated heterocycles. The zero-order valence-electron chi connectivity index (χ0n) is 11.1. The summed E-state index contributed by atoms with van der Waals surface area (Å²) in [7, 11) is 0. The average molecular weight is 304 g/mol. The molecule has 112 valence electrons. The van der Waals surface area contributed by atoms with Gasteiger partial charge in [-0.15, -0.1) is 0 Å². The first-order valence-electron chi connectivity index (χ1n) is 6.37. The van der Waals surface area contributed by atoms with Crippen LogP contribution in [0.1, 0.15) is 0 Å². The summed E-state index contributed by atoms with van der Waals surface area (Å²) in [4.78, 5) is 23.9. The van der Waals surface area contributed by atoms with Crippen molar-refractivity contribution in [2.75, 3.05) is 10.6 Å². The smallest absolute Gasteiger partial charge is 0.275 e. The second-order valence-electron chi connectivity index (χ2n) is 4.60. The molecule has 0 aliphatic carbocycles. The van der Waals surface area contributed by atoms with Crippen LogP contribution in [0, 0.1) is 11.6 Å². The van der Waals surface area contributed by atoms with Gasteiger partial charge in [0.05, 0.1) is 11.4 Å². The van der Waals surface area contributed by atoms with Crippen LogP contribution >= 0.6 is 0 Å². The molecule has 0 saturated carbocycles. The van der Waals surface area contributed by atoms with Gasteiger partial charge in [0, 0.05) is 6.07 Å². The third-order valence-electron chi connectivity index (χ3n) is 3.06. The number of benzene rings is 2. The highest BCUT2D eigenvalue weighted by Crippen LogP contribution is 2.29.